The zero-order chi connectivity index (χ0) is 22.2. The second-order valence-electron chi connectivity index (χ2n) is 6.78. The number of oxazole rings is 1. The maximum atomic E-state index is 14.8. The molecule has 0 saturated heterocycles. The van der Waals surface area contributed by atoms with E-state index >= 15 is 0 Å². The first kappa shape index (κ1) is 19.7. The van der Waals surface area contributed by atoms with Gasteiger partial charge in [-0.25, -0.2) is 9.18 Å². The highest BCUT2D eigenvalue weighted by atomic mass is 19.3. The molecule has 0 fully saturated rings. The molecule has 0 spiro atoms. The van der Waals surface area contributed by atoms with Crippen LogP contribution in [0.4, 0.5) is 13.2 Å². The monoisotopic (exact) mass is 439 g/mol. The van der Waals surface area contributed by atoms with Crippen molar-refractivity contribution in [2.75, 3.05) is 0 Å². The molecule has 11 heteroatoms. The molecule has 0 aliphatic rings. The molecule has 0 radical (unpaired) electrons. The summed E-state index contributed by atoms with van der Waals surface area (Å²) >= 11 is 0. The molecule has 0 aliphatic heterocycles. The molecule has 0 amide bonds. The first-order valence-electron chi connectivity index (χ1n) is 9.30. The molecule has 32 heavy (non-hydrogen) atoms. The zero-order valence-electron chi connectivity index (χ0n) is 16.1. The van der Waals surface area contributed by atoms with Crippen LogP contribution in [0, 0.1) is 5.82 Å². The molecule has 0 unspecified atom stereocenters. The Morgan fingerprint density at radius 3 is 2.59 bits per heavy atom. The van der Waals surface area contributed by atoms with Gasteiger partial charge in [-0.3, -0.25) is 14.5 Å². The molecular weight excluding hydrogens is 427 g/mol. The van der Waals surface area contributed by atoms with Crippen LogP contribution in [0.25, 0.3) is 33.7 Å². The predicted octanol–water partition coefficient (Wildman–Crippen LogP) is 4.23. The summed E-state index contributed by atoms with van der Waals surface area (Å²) in [5.41, 5.74) is 2.09. The summed E-state index contributed by atoms with van der Waals surface area (Å²) in [7, 11) is 0. The van der Waals surface area contributed by atoms with E-state index in [1.165, 1.54) is 29.1 Å². The van der Waals surface area contributed by atoms with Crippen molar-refractivity contribution in [3.63, 3.8) is 0 Å². The highest BCUT2D eigenvalue weighted by Crippen LogP contribution is 2.27. The lowest BCUT2D eigenvalue weighted by Gasteiger charge is -2.05. The van der Waals surface area contributed by atoms with Crippen molar-refractivity contribution in [2.24, 2.45) is 0 Å². The van der Waals surface area contributed by atoms with Gasteiger partial charge in [0.1, 0.15) is 5.82 Å². The second kappa shape index (κ2) is 7.76. The van der Waals surface area contributed by atoms with Crippen LogP contribution in [0.2, 0.25) is 0 Å². The number of alkyl halides is 2. The Bertz CT molecular complexity index is 1460. The number of benzene rings is 1. The maximum absolute atomic E-state index is 14.8. The lowest BCUT2D eigenvalue weighted by Crippen LogP contribution is -2.15. The van der Waals surface area contributed by atoms with E-state index in [9.17, 15) is 18.0 Å². The lowest BCUT2D eigenvalue weighted by atomic mass is 10.1. The van der Waals surface area contributed by atoms with Crippen LogP contribution in [-0.2, 0) is 6.54 Å². The van der Waals surface area contributed by atoms with Crippen LogP contribution >= 0.6 is 0 Å². The molecule has 5 aromatic rings. The summed E-state index contributed by atoms with van der Waals surface area (Å²) in [5.74, 6) is -2.09. The highest BCUT2D eigenvalue weighted by molar-refractivity contribution is 5.80. The summed E-state index contributed by atoms with van der Waals surface area (Å²) in [6, 6.07) is 9.16. The van der Waals surface area contributed by atoms with Gasteiger partial charge in [0.15, 0.2) is 5.58 Å². The fourth-order valence-electron chi connectivity index (χ4n) is 3.22. The summed E-state index contributed by atoms with van der Waals surface area (Å²) in [6.45, 7) is 0.00388. The Morgan fingerprint density at radius 1 is 1.03 bits per heavy atom. The molecule has 5 rings (SSSR count). The van der Waals surface area contributed by atoms with Crippen LogP contribution < -0.4 is 5.76 Å². The van der Waals surface area contributed by atoms with Crippen molar-refractivity contribution >= 4 is 11.1 Å². The van der Waals surface area contributed by atoms with Crippen LogP contribution in [0.5, 0.6) is 0 Å². The van der Waals surface area contributed by atoms with E-state index in [1.54, 1.807) is 30.5 Å². The van der Waals surface area contributed by atoms with Crippen molar-refractivity contribution in [2.45, 2.75) is 13.0 Å². The fraction of sp³-hybridized carbons (Fsp3) is 0.0952. The molecule has 0 aliphatic carbocycles. The van der Waals surface area contributed by atoms with E-state index < -0.39 is 23.9 Å². The Hall–Kier alpha value is -4.28. The minimum atomic E-state index is -2.87. The minimum Gasteiger partial charge on any atom is -0.415 e. The molecule has 8 nitrogen and oxygen atoms in total. The third kappa shape index (κ3) is 3.53. The number of aromatic nitrogens is 5. The van der Waals surface area contributed by atoms with Crippen LogP contribution in [0.15, 0.2) is 68.6 Å². The number of hydrogen-bond acceptors (Lipinski definition) is 7. The third-order valence-corrected chi connectivity index (χ3v) is 4.75. The molecule has 0 atom stereocenters. The quantitative estimate of drug-likeness (QED) is 0.404. The molecule has 0 saturated carbocycles. The van der Waals surface area contributed by atoms with Gasteiger partial charge in [-0.1, -0.05) is 6.07 Å². The van der Waals surface area contributed by atoms with Gasteiger partial charge in [-0.15, -0.1) is 10.2 Å². The predicted molar refractivity (Wildman–Crippen MR) is 105 cm³/mol. The summed E-state index contributed by atoms with van der Waals surface area (Å²) in [5, 5.41) is 6.82. The number of fused-ring (bicyclic) bond motifs is 1. The average Bonchev–Trinajstić information content (AvgIpc) is 3.40. The van der Waals surface area contributed by atoms with E-state index in [4.69, 9.17) is 8.83 Å². The Balaban J connectivity index is 1.45. The lowest BCUT2D eigenvalue weighted by molar-refractivity contribution is 0.116. The SMILES string of the molecule is O=c1oc2cc(-c3cccnc3)c(F)cc2n1Cc1ccc(-c2nnc(C(F)F)o2)cn1. The van der Waals surface area contributed by atoms with Crippen molar-refractivity contribution in [3.05, 3.63) is 82.9 Å². The van der Waals surface area contributed by atoms with Crippen molar-refractivity contribution in [1.82, 2.24) is 24.7 Å². The maximum Gasteiger partial charge on any atom is 0.420 e. The summed E-state index contributed by atoms with van der Waals surface area (Å²) in [6.07, 6.45) is 1.57. The second-order valence-corrected chi connectivity index (χ2v) is 6.78. The number of halogens is 3. The van der Waals surface area contributed by atoms with E-state index in [1.807, 2.05) is 0 Å². The standard InChI is InChI=1S/C21H12F3N5O3/c22-15-7-16-17(6-14(15)11-2-1-5-25-8-11)31-21(30)29(16)10-13-4-3-12(9-26-13)19-27-28-20(32-19)18(23)24/h1-9,18H,10H2. The van der Waals surface area contributed by atoms with Gasteiger partial charge in [0.05, 0.1) is 23.3 Å². The third-order valence-electron chi connectivity index (χ3n) is 4.75. The van der Waals surface area contributed by atoms with Crippen LogP contribution in [0.3, 0.4) is 0 Å². The van der Waals surface area contributed by atoms with E-state index in [2.05, 4.69) is 20.2 Å². The topological polar surface area (TPSA) is 99.8 Å². The Kier molecular flexibility index (Phi) is 4.77. The molecule has 0 N–H and O–H groups in total. The largest absolute Gasteiger partial charge is 0.420 e. The van der Waals surface area contributed by atoms with Crippen LogP contribution in [0.1, 0.15) is 18.0 Å². The van der Waals surface area contributed by atoms with Crippen molar-refractivity contribution in [1.29, 1.82) is 0 Å². The smallest absolute Gasteiger partial charge is 0.415 e. The first-order valence-corrected chi connectivity index (χ1v) is 9.30. The molecule has 160 valence electrons. The van der Waals surface area contributed by atoms with Gasteiger partial charge in [0, 0.05) is 35.8 Å². The minimum absolute atomic E-state index is 0.00388. The molecule has 0 bridgehead atoms. The summed E-state index contributed by atoms with van der Waals surface area (Å²) < 4.78 is 51.4. The number of hydrogen-bond donors (Lipinski definition) is 0. The van der Waals surface area contributed by atoms with Gasteiger partial charge >= 0.3 is 12.2 Å². The zero-order valence-corrected chi connectivity index (χ0v) is 16.1. The van der Waals surface area contributed by atoms with Crippen molar-refractivity contribution < 1.29 is 22.0 Å². The van der Waals surface area contributed by atoms with Gasteiger partial charge in [0.2, 0.25) is 5.89 Å². The van der Waals surface area contributed by atoms with Gasteiger partial charge < -0.3 is 8.83 Å². The summed E-state index contributed by atoms with van der Waals surface area (Å²) in [4.78, 5) is 20.6. The molecule has 4 heterocycles. The van der Waals surface area contributed by atoms with Gasteiger partial charge in [-0.2, -0.15) is 8.78 Å². The number of rotatable bonds is 5. The average molecular weight is 439 g/mol. The molecule has 1 aromatic carbocycles. The number of nitrogens with zero attached hydrogens (tertiary/aromatic N) is 5. The van der Waals surface area contributed by atoms with Crippen molar-refractivity contribution in [3.8, 4) is 22.6 Å². The molecule has 4 aromatic heterocycles. The normalized spacial score (nSPS) is 11.5. The molecular formula is C21H12F3N5O3. The van der Waals surface area contributed by atoms with Crippen LogP contribution in [-0.4, -0.2) is 24.7 Å². The fourth-order valence-corrected chi connectivity index (χ4v) is 3.22. The Labute approximate surface area is 177 Å². The highest BCUT2D eigenvalue weighted by Gasteiger charge is 2.18. The van der Waals surface area contributed by atoms with E-state index in [0.29, 0.717) is 16.8 Å². The van der Waals surface area contributed by atoms with E-state index in [0.717, 1.165) is 0 Å². The van der Waals surface area contributed by atoms with E-state index in [-0.39, 0.29) is 29.1 Å². The number of pyridine rings is 2. The Morgan fingerprint density at radius 2 is 1.91 bits per heavy atom. The van der Waals surface area contributed by atoms with Gasteiger partial charge in [-0.05, 0) is 24.3 Å². The first-order chi connectivity index (χ1) is 15.5. The van der Waals surface area contributed by atoms with Gasteiger partial charge in [0.25, 0.3) is 5.89 Å².